The van der Waals surface area contributed by atoms with Crippen molar-refractivity contribution in [3.8, 4) is 0 Å². The maximum atomic E-state index is 4.30. The summed E-state index contributed by atoms with van der Waals surface area (Å²) >= 11 is 5.56. The van der Waals surface area contributed by atoms with Gasteiger partial charge in [-0.3, -0.25) is 0 Å². The molecule has 1 aliphatic heterocycles. The topological polar surface area (TPSA) is 24.9 Å². The van der Waals surface area contributed by atoms with Crippen molar-refractivity contribution >= 4 is 33.5 Å². The van der Waals surface area contributed by atoms with Crippen LogP contribution in [0.25, 0.3) is 0 Å². The lowest BCUT2D eigenvalue weighted by Crippen LogP contribution is -2.27. The molecular formula is C11H15BrN2S. The summed E-state index contributed by atoms with van der Waals surface area (Å²) in [5.74, 6) is 2.24. The van der Waals surface area contributed by atoms with Crippen LogP contribution in [0.4, 0.5) is 5.82 Å². The van der Waals surface area contributed by atoms with Crippen LogP contribution in [-0.4, -0.2) is 22.0 Å². The first-order valence-corrected chi connectivity index (χ1v) is 6.96. The summed E-state index contributed by atoms with van der Waals surface area (Å²) in [6, 6.07) is 3.95. The van der Waals surface area contributed by atoms with Crippen molar-refractivity contribution in [3.63, 3.8) is 0 Å². The van der Waals surface area contributed by atoms with Crippen LogP contribution in [0.15, 0.2) is 22.8 Å². The summed E-state index contributed by atoms with van der Waals surface area (Å²) in [4.78, 5) is 4.30. The van der Waals surface area contributed by atoms with Crippen molar-refractivity contribution in [3.05, 3.63) is 22.8 Å². The maximum absolute atomic E-state index is 4.30. The molecule has 1 fully saturated rings. The van der Waals surface area contributed by atoms with Gasteiger partial charge in [0.05, 0.1) is 4.47 Å². The normalized spacial score (nSPS) is 25.5. The van der Waals surface area contributed by atoms with Crippen molar-refractivity contribution < 1.29 is 0 Å². The number of rotatable bonds is 3. The minimum absolute atomic E-state index is 0.386. The van der Waals surface area contributed by atoms with Crippen molar-refractivity contribution in [2.24, 2.45) is 0 Å². The highest BCUT2D eigenvalue weighted by molar-refractivity contribution is 9.10. The fraction of sp³-hybridized carbons (Fsp3) is 0.545. The second-order valence-electron chi connectivity index (χ2n) is 4.09. The van der Waals surface area contributed by atoms with Gasteiger partial charge in [0.25, 0.3) is 0 Å². The lowest BCUT2D eigenvalue weighted by atomic mass is 10.1. The summed E-state index contributed by atoms with van der Waals surface area (Å²) in [5, 5.41) is 3.42. The number of anilines is 1. The molecule has 15 heavy (non-hydrogen) atoms. The van der Waals surface area contributed by atoms with E-state index in [-0.39, 0.29) is 0 Å². The van der Waals surface area contributed by atoms with Crippen LogP contribution in [-0.2, 0) is 0 Å². The van der Waals surface area contributed by atoms with Gasteiger partial charge in [0, 0.05) is 17.5 Å². The Morgan fingerprint density at radius 1 is 1.67 bits per heavy atom. The molecule has 1 saturated heterocycles. The zero-order valence-corrected chi connectivity index (χ0v) is 11.2. The molecule has 1 aromatic heterocycles. The van der Waals surface area contributed by atoms with Crippen molar-refractivity contribution in [2.75, 3.05) is 17.6 Å². The fourth-order valence-electron chi connectivity index (χ4n) is 1.76. The molecule has 1 N–H and O–H groups in total. The molecule has 1 aromatic rings. The third-order valence-corrected chi connectivity index (χ3v) is 4.87. The number of aromatic nitrogens is 1. The van der Waals surface area contributed by atoms with E-state index in [0.717, 1.165) is 16.8 Å². The van der Waals surface area contributed by atoms with Gasteiger partial charge in [-0.05, 0) is 53.6 Å². The summed E-state index contributed by atoms with van der Waals surface area (Å²) in [6.45, 7) is 3.32. The Kier molecular flexibility index (Phi) is 3.57. The molecule has 82 valence electrons. The number of hydrogen-bond donors (Lipinski definition) is 1. The molecule has 0 radical (unpaired) electrons. The zero-order valence-electron chi connectivity index (χ0n) is 8.79. The number of thioether (sulfide) groups is 1. The van der Waals surface area contributed by atoms with Gasteiger partial charge in [-0.1, -0.05) is 0 Å². The first-order valence-electron chi connectivity index (χ1n) is 5.18. The summed E-state index contributed by atoms with van der Waals surface area (Å²) in [7, 11) is 0. The summed E-state index contributed by atoms with van der Waals surface area (Å²) in [6.07, 6.45) is 4.46. The Morgan fingerprint density at radius 2 is 2.53 bits per heavy atom. The highest BCUT2D eigenvalue weighted by Crippen LogP contribution is 2.37. The van der Waals surface area contributed by atoms with E-state index in [9.17, 15) is 0 Å². The molecule has 1 atom stereocenters. The van der Waals surface area contributed by atoms with Crippen LogP contribution in [0.2, 0.25) is 0 Å². The smallest absolute Gasteiger partial charge is 0.140 e. The third-order valence-electron chi connectivity index (χ3n) is 2.69. The van der Waals surface area contributed by atoms with Crippen molar-refractivity contribution in [1.29, 1.82) is 0 Å². The van der Waals surface area contributed by atoms with Gasteiger partial charge in [0.2, 0.25) is 0 Å². The number of hydrogen-bond acceptors (Lipinski definition) is 3. The largest absolute Gasteiger partial charge is 0.368 e. The molecule has 4 heteroatoms. The second-order valence-corrected chi connectivity index (χ2v) is 6.63. The molecule has 2 heterocycles. The van der Waals surface area contributed by atoms with Gasteiger partial charge in [-0.15, -0.1) is 0 Å². The SMILES string of the molecule is CC1(CNc2ncccc2Br)CCCS1. The highest BCUT2D eigenvalue weighted by Gasteiger charge is 2.29. The van der Waals surface area contributed by atoms with E-state index in [4.69, 9.17) is 0 Å². The number of nitrogens with zero attached hydrogens (tertiary/aromatic N) is 1. The fourth-order valence-corrected chi connectivity index (χ4v) is 3.40. The van der Waals surface area contributed by atoms with Gasteiger partial charge in [0.15, 0.2) is 0 Å². The minimum Gasteiger partial charge on any atom is -0.368 e. The third kappa shape index (κ3) is 2.88. The van der Waals surface area contributed by atoms with Crippen LogP contribution in [0.1, 0.15) is 19.8 Å². The average molecular weight is 287 g/mol. The zero-order chi connectivity index (χ0) is 10.7. The molecule has 0 spiro atoms. The Balaban J connectivity index is 1.95. The van der Waals surface area contributed by atoms with E-state index in [1.807, 2.05) is 18.3 Å². The molecule has 0 amide bonds. The molecule has 0 aromatic carbocycles. The van der Waals surface area contributed by atoms with Gasteiger partial charge in [0.1, 0.15) is 5.82 Å². The molecule has 1 unspecified atom stereocenters. The molecule has 2 rings (SSSR count). The quantitative estimate of drug-likeness (QED) is 0.920. The molecule has 0 aliphatic carbocycles. The predicted octanol–water partition coefficient (Wildman–Crippen LogP) is 3.54. The van der Waals surface area contributed by atoms with Crippen molar-refractivity contribution in [1.82, 2.24) is 4.98 Å². The lowest BCUT2D eigenvalue weighted by Gasteiger charge is -2.23. The molecule has 0 bridgehead atoms. The summed E-state index contributed by atoms with van der Waals surface area (Å²) < 4.78 is 1.42. The monoisotopic (exact) mass is 286 g/mol. The summed E-state index contributed by atoms with van der Waals surface area (Å²) in [5.41, 5.74) is 0. The van der Waals surface area contributed by atoms with E-state index >= 15 is 0 Å². The van der Waals surface area contributed by atoms with Gasteiger partial charge in [-0.25, -0.2) is 4.98 Å². The highest BCUT2D eigenvalue weighted by atomic mass is 79.9. The Labute approximate surface area is 103 Å². The number of nitrogens with one attached hydrogen (secondary N) is 1. The second kappa shape index (κ2) is 4.74. The molecule has 0 saturated carbocycles. The van der Waals surface area contributed by atoms with E-state index < -0.39 is 0 Å². The van der Waals surface area contributed by atoms with Gasteiger partial charge >= 0.3 is 0 Å². The number of halogens is 1. The van der Waals surface area contributed by atoms with E-state index in [1.165, 1.54) is 18.6 Å². The Morgan fingerprint density at radius 3 is 3.20 bits per heavy atom. The van der Waals surface area contributed by atoms with Gasteiger partial charge < -0.3 is 5.32 Å². The van der Waals surface area contributed by atoms with Gasteiger partial charge in [-0.2, -0.15) is 11.8 Å². The predicted molar refractivity (Wildman–Crippen MR) is 70.5 cm³/mol. The number of pyridine rings is 1. The van der Waals surface area contributed by atoms with E-state index in [0.29, 0.717) is 4.75 Å². The van der Waals surface area contributed by atoms with Crippen LogP contribution in [0.3, 0.4) is 0 Å². The average Bonchev–Trinajstić information content (AvgIpc) is 2.65. The Hall–Kier alpha value is -0.220. The maximum Gasteiger partial charge on any atom is 0.140 e. The standard InChI is InChI=1S/C11H15BrN2S/c1-11(5-3-7-15-11)8-14-10-9(12)4-2-6-13-10/h2,4,6H,3,5,7-8H2,1H3,(H,13,14). The molecular weight excluding hydrogens is 272 g/mol. The van der Waals surface area contributed by atoms with E-state index in [1.54, 1.807) is 0 Å². The van der Waals surface area contributed by atoms with E-state index in [2.05, 4.69) is 44.9 Å². The Bertz CT molecular complexity index is 337. The molecule has 2 nitrogen and oxygen atoms in total. The van der Waals surface area contributed by atoms with Crippen LogP contribution in [0.5, 0.6) is 0 Å². The first kappa shape index (κ1) is 11.3. The van der Waals surface area contributed by atoms with Crippen LogP contribution in [0, 0.1) is 0 Å². The van der Waals surface area contributed by atoms with Crippen LogP contribution >= 0.6 is 27.7 Å². The first-order chi connectivity index (χ1) is 7.20. The minimum atomic E-state index is 0.386. The van der Waals surface area contributed by atoms with Crippen LogP contribution < -0.4 is 5.32 Å². The lowest BCUT2D eigenvalue weighted by molar-refractivity contribution is 0.633. The molecule has 1 aliphatic rings. The van der Waals surface area contributed by atoms with Crippen molar-refractivity contribution in [2.45, 2.75) is 24.5 Å².